The molecule has 0 aliphatic carbocycles. The average molecular weight is 603 g/mol. The van der Waals surface area contributed by atoms with Gasteiger partial charge in [-0.2, -0.15) is 5.10 Å². The molecule has 0 radical (unpaired) electrons. The molecule has 2 heterocycles. The van der Waals surface area contributed by atoms with Crippen LogP contribution in [0.15, 0.2) is 65.8 Å². The predicted octanol–water partition coefficient (Wildman–Crippen LogP) is 4.61. The molecule has 1 atom stereocenters. The molecular formula is C34H39FN4O5. The van der Waals surface area contributed by atoms with Crippen LogP contribution in [-0.4, -0.2) is 92.5 Å². The Kier molecular flexibility index (Phi) is 9.92. The van der Waals surface area contributed by atoms with Crippen molar-refractivity contribution in [2.45, 2.75) is 26.3 Å². The minimum Gasteiger partial charge on any atom is -0.493 e. The summed E-state index contributed by atoms with van der Waals surface area (Å²) in [4.78, 5) is 31.4. The molecule has 3 aromatic carbocycles. The first-order chi connectivity index (χ1) is 21.3. The molecular weight excluding hydrogens is 563 g/mol. The van der Waals surface area contributed by atoms with Crippen molar-refractivity contribution < 1.29 is 28.2 Å². The quantitative estimate of drug-likeness (QED) is 0.337. The summed E-state index contributed by atoms with van der Waals surface area (Å²) in [5.74, 6) is -0.410. The highest BCUT2D eigenvalue weighted by Gasteiger charge is 2.35. The zero-order valence-corrected chi connectivity index (χ0v) is 25.7. The first-order valence-electron chi connectivity index (χ1n) is 14.8. The van der Waals surface area contributed by atoms with Crippen molar-refractivity contribution in [3.05, 3.63) is 94.3 Å². The third kappa shape index (κ3) is 6.92. The van der Waals surface area contributed by atoms with E-state index in [9.17, 15) is 14.0 Å². The highest BCUT2D eigenvalue weighted by molar-refractivity contribution is 6.04. The topological polar surface area (TPSA) is 83.9 Å². The van der Waals surface area contributed by atoms with E-state index >= 15 is 0 Å². The standard InChI is InChI=1S/C34H39FN4O5/c1-23-9-10-25(19-24(23)2)29-21-30(26-11-12-31(42-3)32(20-26)43-4)39(36-29)33(40)22-38(14-13-37-15-17-44-18-16-37)34(41)27-7-5-6-8-28(27)35/h5-12,19-20,30H,13-18,21-22H2,1-4H3/t30-/m0/s1. The molecule has 232 valence electrons. The van der Waals surface area contributed by atoms with Gasteiger partial charge in [-0.3, -0.25) is 14.5 Å². The number of carbonyl (C=O) groups is 2. The predicted molar refractivity (Wildman–Crippen MR) is 166 cm³/mol. The SMILES string of the molecule is COc1ccc([C@@H]2CC(c3ccc(C)c(C)c3)=NN2C(=O)CN(CCN2CCOCC2)C(=O)c2ccccc2F)cc1OC. The molecule has 0 spiro atoms. The van der Waals surface area contributed by atoms with E-state index in [0.717, 1.165) is 35.5 Å². The Balaban J connectivity index is 1.46. The fourth-order valence-electron chi connectivity index (χ4n) is 5.54. The van der Waals surface area contributed by atoms with Gasteiger partial charge < -0.3 is 19.1 Å². The molecule has 2 amide bonds. The maximum absolute atomic E-state index is 14.7. The Bertz CT molecular complexity index is 1540. The molecule has 44 heavy (non-hydrogen) atoms. The van der Waals surface area contributed by atoms with Gasteiger partial charge in [0, 0.05) is 32.6 Å². The summed E-state index contributed by atoms with van der Waals surface area (Å²) in [5.41, 5.74) is 4.74. The molecule has 10 heteroatoms. The van der Waals surface area contributed by atoms with Crippen LogP contribution >= 0.6 is 0 Å². The van der Waals surface area contributed by atoms with Crippen molar-refractivity contribution in [3.8, 4) is 11.5 Å². The van der Waals surface area contributed by atoms with Crippen molar-refractivity contribution >= 4 is 17.5 Å². The Morgan fingerprint density at radius 3 is 2.43 bits per heavy atom. The highest BCUT2D eigenvalue weighted by Crippen LogP contribution is 2.37. The van der Waals surface area contributed by atoms with E-state index in [1.807, 2.05) is 31.2 Å². The fourth-order valence-corrected chi connectivity index (χ4v) is 5.54. The molecule has 1 saturated heterocycles. The van der Waals surface area contributed by atoms with Gasteiger partial charge in [-0.05, 0) is 66.4 Å². The highest BCUT2D eigenvalue weighted by atomic mass is 19.1. The third-order valence-corrected chi connectivity index (χ3v) is 8.31. The van der Waals surface area contributed by atoms with Crippen LogP contribution in [0.5, 0.6) is 11.5 Å². The van der Waals surface area contributed by atoms with Gasteiger partial charge in [-0.25, -0.2) is 9.40 Å². The van der Waals surface area contributed by atoms with E-state index < -0.39 is 17.8 Å². The van der Waals surface area contributed by atoms with Gasteiger partial charge in [0.05, 0.1) is 44.8 Å². The van der Waals surface area contributed by atoms with Crippen LogP contribution in [0.4, 0.5) is 4.39 Å². The second-order valence-electron chi connectivity index (χ2n) is 11.1. The monoisotopic (exact) mass is 602 g/mol. The van der Waals surface area contributed by atoms with Gasteiger partial charge in [0.15, 0.2) is 11.5 Å². The van der Waals surface area contributed by atoms with Crippen molar-refractivity contribution in [1.29, 1.82) is 0 Å². The Morgan fingerprint density at radius 2 is 1.73 bits per heavy atom. The molecule has 0 saturated carbocycles. The number of hydrogen-bond donors (Lipinski definition) is 0. The number of amides is 2. The van der Waals surface area contributed by atoms with Crippen molar-refractivity contribution in [2.75, 3.05) is 60.2 Å². The van der Waals surface area contributed by atoms with Crippen molar-refractivity contribution in [2.24, 2.45) is 5.10 Å². The lowest BCUT2D eigenvalue weighted by Gasteiger charge is -2.31. The van der Waals surface area contributed by atoms with Gasteiger partial charge in [0.2, 0.25) is 0 Å². The molecule has 1 fully saturated rings. The second kappa shape index (κ2) is 14.0. The van der Waals surface area contributed by atoms with Crippen LogP contribution < -0.4 is 9.47 Å². The lowest BCUT2D eigenvalue weighted by atomic mass is 9.96. The van der Waals surface area contributed by atoms with Crippen LogP contribution in [0.25, 0.3) is 0 Å². The molecule has 2 aliphatic rings. The summed E-state index contributed by atoms with van der Waals surface area (Å²) in [6, 6.07) is 17.1. The number of aryl methyl sites for hydroxylation is 2. The van der Waals surface area contributed by atoms with E-state index in [1.165, 1.54) is 33.7 Å². The number of methoxy groups -OCH3 is 2. The van der Waals surface area contributed by atoms with Gasteiger partial charge in [-0.15, -0.1) is 0 Å². The number of halogens is 1. The molecule has 2 aliphatic heterocycles. The summed E-state index contributed by atoms with van der Waals surface area (Å²) in [7, 11) is 3.14. The number of benzene rings is 3. The minimum absolute atomic E-state index is 0.0699. The molecule has 3 aromatic rings. The molecule has 9 nitrogen and oxygen atoms in total. The first kappa shape index (κ1) is 31.2. The molecule has 0 N–H and O–H groups in total. The number of rotatable bonds is 10. The van der Waals surface area contributed by atoms with Crippen LogP contribution in [0.1, 0.15) is 45.1 Å². The number of carbonyl (C=O) groups excluding carboxylic acids is 2. The summed E-state index contributed by atoms with van der Waals surface area (Å²) in [5, 5.41) is 6.29. The summed E-state index contributed by atoms with van der Waals surface area (Å²) in [6.45, 7) is 7.30. The van der Waals surface area contributed by atoms with Gasteiger partial charge in [0.1, 0.15) is 12.4 Å². The van der Waals surface area contributed by atoms with Gasteiger partial charge in [-0.1, -0.05) is 30.3 Å². The van der Waals surface area contributed by atoms with Crippen LogP contribution in [-0.2, 0) is 9.53 Å². The maximum Gasteiger partial charge on any atom is 0.262 e. The third-order valence-electron chi connectivity index (χ3n) is 8.31. The summed E-state index contributed by atoms with van der Waals surface area (Å²) >= 11 is 0. The Labute approximate surface area is 257 Å². The number of hydrazone groups is 1. The Hall–Kier alpha value is -4.28. The van der Waals surface area contributed by atoms with Crippen LogP contribution in [0.2, 0.25) is 0 Å². The maximum atomic E-state index is 14.7. The van der Waals surface area contributed by atoms with Crippen molar-refractivity contribution in [3.63, 3.8) is 0 Å². The molecule has 0 unspecified atom stereocenters. The zero-order valence-electron chi connectivity index (χ0n) is 25.7. The summed E-state index contributed by atoms with van der Waals surface area (Å²) < 4.78 is 31.2. The lowest BCUT2D eigenvalue weighted by molar-refractivity contribution is -0.133. The van der Waals surface area contributed by atoms with Gasteiger partial charge in [0.25, 0.3) is 11.8 Å². The normalized spacial score (nSPS) is 16.9. The lowest BCUT2D eigenvalue weighted by Crippen LogP contribution is -2.46. The second-order valence-corrected chi connectivity index (χ2v) is 11.1. The number of ether oxygens (including phenoxy) is 3. The van der Waals surface area contributed by atoms with E-state index in [1.54, 1.807) is 26.4 Å². The molecule has 0 aromatic heterocycles. The van der Waals surface area contributed by atoms with E-state index in [4.69, 9.17) is 19.3 Å². The smallest absolute Gasteiger partial charge is 0.262 e. The van der Waals surface area contributed by atoms with E-state index in [-0.39, 0.29) is 24.6 Å². The van der Waals surface area contributed by atoms with Gasteiger partial charge >= 0.3 is 0 Å². The van der Waals surface area contributed by atoms with Crippen molar-refractivity contribution in [1.82, 2.24) is 14.8 Å². The van der Waals surface area contributed by atoms with E-state index in [2.05, 4.69) is 17.9 Å². The first-order valence-corrected chi connectivity index (χ1v) is 14.8. The Morgan fingerprint density at radius 1 is 0.977 bits per heavy atom. The fraction of sp³-hybridized carbons (Fsp3) is 0.382. The zero-order chi connectivity index (χ0) is 31.2. The van der Waals surface area contributed by atoms with Crippen LogP contribution in [0.3, 0.4) is 0 Å². The number of morpholine rings is 1. The summed E-state index contributed by atoms with van der Waals surface area (Å²) in [6.07, 6.45) is 0.471. The molecule has 0 bridgehead atoms. The number of hydrogen-bond acceptors (Lipinski definition) is 7. The number of nitrogens with zero attached hydrogens (tertiary/aromatic N) is 4. The molecule has 5 rings (SSSR count). The average Bonchev–Trinajstić information content (AvgIpc) is 3.50. The van der Waals surface area contributed by atoms with E-state index in [0.29, 0.717) is 37.7 Å². The largest absolute Gasteiger partial charge is 0.493 e. The van der Waals surface area contributed by atoms with Crippen LogP contribution in [0, 0.1) is 19.7 Å². The minimum atomic E-state index is -0.624.